The Kier molecular flexibility index (Phi) is 4.48. The molecule has 26 heavy (non-hydrogen) atoms. The van der Waals surface area contributed by atoms with Gasteiger partial charge in [-0.15, -0.1) is 5.10 Å². The fraction of sp³-hybridized carbons (Fsp3) is 0.368. The van der Waals surface area contributed by atoms with Gasteiger partial charge in [-0.25, -0.2) is 9.50 Å². The van der Waals surface area contributed by atoms with Crippen LogP contribution in [0, 0.1) is 0 Å². The van der Waals surface area contributed by atoms with E-state index in [0.717, 1.165) is 48.3 Å². The Balaban J connectivity index is 1.74. The second kappa shape index (κ2) is 6.93. The first-order chi connectivity index (χ1) is 12.7. The quantitative estimate of drug-likeness (QED) is 0.573. The van der Waals surface area contributed by atoms with E-state index in [1.165, 1.54) is 0 Å². The average molecular weight is 351 g/mol. The van der Waals surface area contributed by atoms with E-state index >= 15 is 0 Å². The fourth-order valence-corrected chi connectivity index (χ4v) is 3.75. The first kappa shape index (κ1) is 16.8. The van der Waals surface area contributed by atoms with Gasteiger partial charge in [-0.05, 0) is 49.3 Å². The lowest BCUT2D eigenvalue weighted by Gasteiger charge is -2.28. The monoisotopic (exact) mass is 351 g/mol. The molecule has 0 bridgehead atoms. The minimum atomic E-state index is 0.288. The van der Waals surface area contributed by atoms with E-state index in [9.17, 15) is 0 Å². The standard InChI is InChI=1S/C19H25N7/c20-11-12-1-7-15(8-2-12)24-18-16(13-3-5-14(21)6-4-13)17(22)19-23-9-10-26(19)25-18/h1-2,7-10,13-14H,3-6,11,20-22H2,(H,24,25)/t13-,14-. The molecular weight excluding hydrogens is 326 g/mol. The molecule has 7 N–H and O–H groups in total. The van der Waals surface area contributed by atoms with Gasteiger partial charge in [0.05, 0.1) is 5.69 Å². The van der Waals surface area contributed by atoms with Crippen LogP contribution in [0.1, 0.15) is 42.7 Å². The summed E-state index contributed by atoms with van der Waals surface area (Å²) in [7, 11) is 0. The SMILES string of the molecule is NCc1ccc(Nc2nn3ccnc3c(N)c2[C@H]2CC[C@H](N)CC2)cc1. The zero-order valence-electron chi connectivity index (χ0n) is 14.7. The summed E-state index contributed by atoms with van der Waals surface area (Å²) < 4.78 is 1.73. The van der Waals surface area contributed by atoms with E-state index in [2.05, 4.69) is 10.3 Å². The van der Waals surface area contributed by atoms with E-state index < -0.39 is 0 Å². The zero-order chi connectivity index (χ0) is 18.1. The largest absolute Gasteiger partial charge is 0.395 e. The first-order valence-electron chi connectivity index (χ1n) is 9.10. The maximum absolute atomic E-state index is 6.52. The number of anilines is 3. The van der Waals surface area contributed by atoms with Crippen molar-refractivity contribution in [1.29, 1.82) is 0 Å². The molecule has 2 heterocycles. The van der Waals surface area contributed by atoms with Crippen LogP contribution in [0.15, 0.2) is 36.7 Å². The molecule has 1 aliphatic carbocycles. The van der Waals surface area contributed by atoms with Crippen molar-refractivity contribution in [2.24, 2.45) is 11.5 Å². The van der Waals surface area contributed by atoms with Gasteiger partial charge < -0.3 is 22.5 Å². The predicted molar refractivity (Wildman–Crippen MR) is 104 cm³/mol. The summed E-state index contributed by atoms with van der Waals surface area (Å²) in [6, 6.07) is 8.34. The van der Waals surface area contributed by atoms with Gasteiger partial charge in [-0.1, -0.05) is 12.1 Å². The number of nitrogen functional groups attached to an aromatic ring is 1. The number of nitrogens with one attached hydrogen (secondary N) is 1. The zero-order valence-corrected chi connectivity index (χ0v) is 14.7. The van der Waals surface area contributed by atoms with Gasteiger partial charge in [0.1, 0.15) is 0 Å². The van der Waals surface area contributed by atoms with Gasteiger partial charge in [0.25, 0.3) is 0 Å². The van der Waals surface area contributed by atoms with E-state index in [1.54, 1.807) is 10.7 Å². The highest BCUT2D eigenvalue weighted by Gasteiger charge is 2.26. The van der Waals surface area contributed by atoms with Gasteiger partial charge in [0.15, 0.2) is 11.5 Å². The Hall–Kier alpha value is -2.64. The Morgan fingerprint density at radius 1 is 1.12 bits per heavy atom. The number of hydrogen-bond acceptors (Lipinski definition) is 6. The average Bonchev–Trinajstić information content (AvgIpc) is 3.13. The molecule has 7 nitrogen and oxygen atoms in total. The van der Waals surface area contributed by atoms with Crippen LogP contribution < -0.4 is 22.5 Å². The molecule has 1 aromatic carbocycles. The van der Waals surface area contributed by atoms with E-state index in [4.69, 9.17) is 22.3 Å². The molecule has 136 valence electrons. The van der Waals surface area contributed by atoms with E-state index in [0.29, 0.717) is 23.8 Å². The Morgan fingerprint density at radius 3 is 2.54 bits per heavy atom. The summed E-state index contributed by atoms with van der Waals surface area (Å²) in [6.07, 6.45) is 7.59. The Bertz CT molecular complexity index is 892. The van der Waals surface area contributed by atoms with Crippen LogP contribution in [0.3, 0.4) is 0 Å². The molecule has 0 amide bonds. The number of imidazole rings is 1. The number of aromatic nitrogens is 3. The maximum atomic E-state index is 6.52. The van der Waals surface area contributed by atoms with Crippen LogP contribution in [0.2, 0.25) is 0 Å². The van der Waals surface area contributed by atoms with Crippen molar-refractivity contribution >= 4 is 22.8 Å². The van der Waals surface area contributed by atoms with Gasteiger partial charge in [-0.3, -0.25) is 0 Å². The maximum Gasteiger partial charge on any atom is 0.177 e. The summed E-state index contributed by atoms with van der Waals surface area (Å²) in [5.41, 5.74) is 22.8. The van der Waals surface area contributed by atoms with Crippen molar-refractivity contribution in [2.45, 2.75) is 44.2 Å². The third kappa shape index (κ3) is 3.11. The van der Waals surface area contributed by atoms with Crippen molar-refractivity contribution in [2.75, 3.05) is 11.1 Å². The Morgan fingerprint density at radius 2 is 1.85 bits per heavy atom. The fourth-order valence-electron chi connectivity index (χ4n) is 3.75. The molecule has 7 heteroatoms. The van der Waals surface area contributed by atoms with Crippen LogP contribution in [0.25, 0.3) is 5.65 Å². The van der Waals surface area contributed by atoms with Crippen LogP contribution in [0.5, 0.6) is 0 Å². The first-order valence-corrected chi connectivity index (χ1v) is 9.10. The molecule has 0 radical (unpaired) electrons. The lowest BCUT2D eigenvalue weighted by atomic mass is 9.81. The summed E-state index contributed by atoms with van der Waals surface area (Å²) in [5.74, 6) is 1.13. The summed E-state index contributed by atoms with van der Waals surface area (Å²) in [4.78, 5) is 4.37. The second-order valence-electron chi connectivity index (χ2n) is 7.01. The molecule has 0 unspecified atom stereocenters. The molecule has 0 spiro atoms. The highest BCUT2D eigenvalue weighted by molar-refractivity contribution is 5.76. The van der Waals surface area contributed by atoms with Gasteiger partial charge >= 0.3 is 0 Å². The molecule has 0 saturated heterocycles. The minimum Gasteiger partial charge on any atom is -0.395 e. The minimum absolute atomic E-state index is 0.288. The van der Waals surface area contributed by atoms with Gasteiger partial charge in [0.2, 0.25) is 0 Å². The number of nitrogens with zero attached hydrogens (tertiary/aromatic N) is 3. The molecule has 0 aliphatic heterocycles. The van der Waals surface area contributed by atoms with Gasteiger partial charge in [-0.2, -0.15) is 0 Å². The third-order valence-electron chi connectivity index (χ3n) is 5.25. The van der Waals surface area contributed by atoms with E-state index in [1.807, 2.05) is 30.5 Å². The number of nitrogens with two attached hydrogens (primary N) is 3. The number of benzene rings is 1. The molecule has 1 fully saturated rings. The number of hydrogen-bond donors (Lipinski definition) is 4. The number of fused-ring (bicyclic) bond motifs is 1. The predicted octanol–water partition coefficient (Wildman–Crippen LogP) is 2.50. The van der Waals surface area contributed by atoms with Gasteiger partial charge in [0, 0.05) is 36.2 Å². The third-order valence-corrected chi connectivity index (χ3v) is 5.25. The van der Waals surface area contributed by atoms with Crippen molar-refractivity contribution in [3.8, 4) is 0 Å². The van der Waals surface area contributed by atoms with E-state index in [-0.39, 0.29) is 6.04 Å². The highest BCUT2D eigenvalue weighted by Crippen LogP contribution is 2.40. The molecule has 1 aliphatic rings. The highest BCUT2D eigenvalue weighted by atomic mass is 15.3. The number of rotatable bonds is 4. The van der Waals surface area contributed by atoms with Crippen LogP contribution >= 0.6 is 0 Å². The summed E-state index contributed by atoms with van der Waals surface area (Å²) in [5, 5.41) is 8.18. The summed E-state index contributed by atoms with van der Waals surface area (Å²) in [6.45, 7) is 0.528. The molecular formula is C19H25N7. The second-order valence-corrected chi connectivity index (χ2v) is 7.01. The molecule has 2 aromatic heterocycles. The lowest BCUT2D eigenvalue weighted by Crippen LogP contribution is -2.26. The molecule has 4 rings (SSSR count). The molecule has 3 aromatic rings. The normalized spacial score (nSPS) is 20.4. The van der Waals surface area contributed by atoms with Crippen molar-refractivity contribution in [3.63, 3.8) is 0 Å². The Labute approximate surface area is 152 Å². The van der Waals surface area contributed by atoms with Crippen LogP contribution in [0.4, 0.5) is 17.2 Å². The lowest BCUT2D eigenvalue weighted by molar-refractivity contribution is 0.396. The molecule has 0 atom stereocenters. The van der Waals surface area contributed by atoms with Crippen LogP contribution in [-0.2, 0) is 6.54 Å². The van der Waals surface area contributed by atoms with Crippen molar-refractivity contribution < 1.29 is 0 Å². The topological polar surface area (TPSA) is 120 Å². The molecule has 1 saturated carbocycles. The van der Waals surface area contributed by atoms with Crippen LogP contribution in [-0.4, -0.2) is 20.6 Å². The smallest absolute Gasteiger partial charge is 0.177 e. The van der Waals surface area contributed by atoms with Crippen molar-refractivity contribution in [1.82, 2.24) is 14.6 Å². The van der Waals surface area contributed by atoms with Crippen molar-refractivity contribution in [3.05, 3.63) is 47.8 Å². The summed E-state index contributed by atoms with van der Waals surface area (Å²) >= 11 is 0.